The van der Waals surface area contributed by atoms with Gasteiger partial charge >= 0.3 is 0 Å². The molecule has 0 saturated heterocycles. The van der Waals surface area contributed by atoms with Crippen molar-refractivity contribution >= 4 is 162 Å². The van der Waals surface area contributed by atoms with Crippen molar-refractivity contribution in [2.45, 2.75) is 0 Å². The van der Waals surface area contributed by atoms with Crippen molar-refractivity contribution in [2.24, 2.45) is 0 Å². The van der Waals surface area contributed by atoms with Gasteiger partial charge in [0.2, 0.25) is 11.9 Å². The summed E-state index contributed by atoms with van der Waals surface area (Å²) in [4.78, 5) is 22.1. The molecule has 23 aromatic rings. The molecule has 8 aromatic heterocycles. The van der Waals surface area contributed by atoms with E-state index in [9.17, 15) is 0 Å². The van der Waals surface area contributed by atoms with E-state index < -0.39 is 0 Å². The van der Waals surface area contributed by atoms with E-state index in [1.165, 1.54) is 63.8 Å². The molecule has 0 aliphatic carbocycles. The number of rotatable bonds is 8. The van der Waals surface area contributed by atoms with Crippen LogP contribution in [0.15, 0.2) is 332 Å². The summed E-state index contributed by atoms with van der Waals surface area (Å²) in [6.45, 7) is 0. The van der Waals surface area contributed by atoms with E-state index in [1.54, 1.807) is 0 Å². The Balaban J connectivity index is 0.606. The van der Waals surface area contributed by atoms with Crippen LogP contribution in [0.5, 0.6) is 0 Å². The molecule has 9 nitrogen and oxygen atoms in total. The van der Waals surface area contributed by atoms with E-state index in [1.807, 2.05) is 11.3 Å². The minimum atomic E-state index is 0.610. The van der Waals surface area contributed by atoms with Crippen LogP contribution in [0.1, 0.15) is 0 Å². The smallest absolute Gasteiger partial charge is 0.235 e. The van der Waals surface area contributed by atoms with E-state index in [4.69, 9.17) is 24.4 Å². The molecule has 23 rings (SSSR count). The van der Waals surface area contributed by atoms with Gasteiger partial charge in [-0.15, -0.1) is 11.3 Å². The highest BCUT2D eigenvalue weighted by Crippen LogP contribution is 2.44. The van der Waals surface area contributed by atoms with Crippen molar-refractivity contribution in [2.75, 3.05) is 0 Å². The Morgan fingerprint density at radius 3 is 1.14 bits per heavy atom. The van der Waals surface area contributed by atoms with Crippen molar-refractivity contribution < 1.29 is 4.42 Å². The van der Waals surface area contributed by atoms with Gasteiger partial charge in [-0.25, -0.2) is 19.9 Å². The zero-order valence-corrected chi connectivity index (χ0v) is 56.4. The first-order valence-electron chi connectivity index (χ1n) is 35.2. The highest BCUT2D eigenvalue weighted by atomic mass is 32.1. The fourth-order valence-corrected chi connectivity index (χ4v) is 18.0. The summed E-state index contributed by atoms with van der Waals surface area (Å²) in [6, 6.07) is 118. The quantitative estimate of drug-likeness (QED) is 0.151. The third-order valence-corrected chi connectivity index (χ3v) is 22.8. The number of hydrogen-bond donors (Lipinski definition) is 0. The number of nitrogens with zero attached hydrogens (tertiary/aromatic N) is 8. The number of aromatic nitrogens is 8. The molecule has 0 spiro atoms. The van der Waals surface area contributed by atoms with Gasteiger partial charge in [0.1, 0.15) is 11.2 Å². The summed E-state index contributed by atoms with van der Waals surface area (Å²) in [7, 11) is 0. The number of fused-ring (bicyclic) bond motifs is 20. The topological polar surface area (TPSA) is 84.4 Å². The van der Waals surface area contributed by atoms with E-state index >= 15 is 0 Å². The summed E-state index contributed by atoms with van der Waals surface area (Å²) >= 11 is 1.83. The third-order valence-electron chi connectivity index (χ3n) is 21.6. The SMILES string of the molecule is c1ccc2c(-c3ccc4oc5cc(-c6ccc(-c7ccc8c(-c9ccc%10sc%11ccccc%11c%10c9)nc(-n9c%10ccccc%10c%10cc(-n%11c%12ccccc%12c%12ccccc%12%11)ccc%109)nc8c7)cc6)ccc5c4c3)nc(-n3c4ccccc4c4cc(-n5c6ccccc6c6ccccc65)ccc43)nc2c1. The molecule has 10 heteroatoms. The summed E-state index contributed by atoms with van der Waals surface area (Å²) < 4.78 is 18.5. The maximum absolute atomic E-state index is 6.75. The predicted octanol–water partition coefficient (Wildman–Crippen LogP) is 24.9. The Labute approximate surface area is 596 Å². The van der Waals surface area contributed by atoms with E-state index in [0.717, 1.165) is 143 Å². The number of hydrogen-bond acceptors (Lipinski definition) is 6. The zero-order valence-electron chi connectivity index (χ0n) is 55.6. The molecule has 0 bridgehead atoms. The van der Waals surface area contributed by atoms with Crippen LogP contribution >= 0.6 is 11.3 Å². The van der Waals surface area contributed by atoms with E-state index in [2.05, 4.69) is 346 Å². The van der Waals surface area contributed by atoms with Gasteiger partial charge in [0.15, 0.2) is 0 Å². The highest BCUT2D eigenvalue weighted by Gasteiger charge is 2.24. The van der Waals surface area contributed by atoms with Crippen LogP contribution in [0.3, 0.4) is 0 Å². The van der Waals surface area contributed by atoms with Gasteiger partial charge in [-0.05, 0) is 162 Å². The Kier molecular flexibility index (Phi) is 12.0. The fraction of sp³-hybridized carbons (Fsp3) is 0. The van der Waals surface area contributed by atoms with Gasteiger partial charge in [-0.2, -0.15) is 0 Å². The molecule has 0 unspecified atom stereocenters. The average Bonchev–Trinajstić information content (AvgIpc) is 1.55. The predicted molar refractivity (Wildman–Crippen MR) is 432 cm³/mol. The molecule has 0 radical (unpaired) electrons. The molecule has 0 N–H and O–H groups in total. The maximum atomic E-state index is 6.75. The standard InChI is InChI=1S/C94H54N8OS/c1-9-25-77-71(24-1)91(97-93(95-77)101-83-30-14-6-21-67(83)73-53-61(41-45-85(73)101)99-79-26-10-2-17-63(79)64-18-3-11-27-80(64)99)59-39-47-87-75(49-59)69-43-37-58(52-88(69)103-87)56-35-33-55(34-36-56)57-38-44-72-78(51-57)96-94(98-92(72)60-40-48-90-76(50-60)70-23-8-16-32-89(70)104-90)102-84-31-15-7-22-68(84)74-54-62(42-46-86(74)102)100-81-28-12-4-19-65(81)66-20-5-13-29-82(66)100/h1-54H. The van der Waals surface area contributed by atoms with Crippen molar-refractivity contribution in [1.82, 2.24) is 38.2 Å². The van der Waals surface area contributed by atoms with Crippen LogP contribution in [0.4, 0.5) is 0 Å². The Hall–Kier alpha value is -13.8. The average molecular weight is 1340 g/mol. The van der Waals surface area contributed by atoms with Gasteiger partial charge in [0.25, 0.3) is 0 Å². The van der Waals surface area contributed by atoms with Crippen molar-refractivity contribution in [3.05, 3.63) is 328 Å². The van der Waals surface area contributed by atoms with Gasteiger partial charge < -0.3 is 13.6 Å². The lowest BCUT2D eigenvalue weighted by Crippen LogP contribution is -2.04. The van der Waals surface area contributed by atoms with Crippen molar-refractivity contribution in [3.8, 4) is 68.0 Å². The normalized spacial score (nSPS) is 12.2. The van der Waals surface area contributed by atoms with Gasteiger partial charge in [0.05, 0.1) is 66.6 Å². The summed E-state index contributed by atoms with van der Waals surface area (Å²) in [5, 5.41) is 15.9. The molecular formula is C94H54N8OS. The monoisotopic (exact) mass is 1340 g/mol. The minimum Gasteiger partial charge on any atom is -0.456 e. The lowest BCUT2D eigenvalue weighted by Gasteiger charge is -2.14. The third kappa shape index (κ3) is 8.42. The molecule has 0 aliphatic heterocycles. The second-order valence-electron chi connectivity index (χ2n) is 27.3. The summed E-state index contributed by atoms with van der Waals surface area (Å²) in [6.07, 6.45) is 0. The first kappa shape index (κ1) is 57.0. The number of benzene rings is 15. The number of para-hydroxylation sites is 7. The first-order valence-corrected chi connectivity index (χ1v) is 36.0. The van der Waals surface area contributed by atoms with Crippen LogP contribution in [0.25, 0.3) is 219 Å². The Morgan fingerprint density at radius 1 is 0.212 bits per heavy atom. The van der Waals surface area contributed by atoms with Crippen LogP contribution in [-0.2, 0) is 0 Å². The first-order chi connectivity index (χ1) is 51.5. The van der Waals surface area contributed by atoms with E-state index in [-0.39, 0.29) is 0 Å². The fourth-order valence-electron chi connectivity index (χ4n) is 16.9. The molecule has 0 atom stereocenters. The second-order valence-corrected chi connectivity index (χ2v) is 28.3. The molecule has 0 amide bonds. The van der Waals surface area contributed by atoms with E-state index in [0.29, 0.717) is 11.9 Å². The van der Waals surface area contributed by atoms with Crippen LogP contribution in [0.2, 0.25) is 0 Å². The Morgan fingerprint density at radius 2 is 0.596 bits per heavy atom. The number of furan rings is 1. The molecule has 482 valence electrons. The summed E-state index contributed by atoms with van der Waals surface area (Å²) in [5.41, 5.74) is 22.4. The highest BCUT2D eigenvalue weighted by molar-refractivity contribution is 7.25. The molecule has 104 heavy (non-hydrogen) atoms. The van der Waals surface area contributed by atoms with Crippen molar-refractivity contribution in [1.29, 1.82) is 0 Å². The zero-order chi connectivity index (χ0) is 67.8. The number of thiophene rings is 1. The second kappa shape index (κ2) is 21.9. The molecule has 0 saturated carbocycles. The molecule has 15 aromatic carbocycles. The molecular weight excluding hydrogens is 1290 g/mol. The molecule has 8 heterocycles. The minimum absolute atomic E-state index is 0.610. The largest absolute Gasteiger partial charge is 0.456 e. The molecule has 0 aliphatic rings. The van der Waals surface area contributed by atoms with Crippen molar-refractivity contribution in [3.63, 3.8) is 0 Å². The maximum Gasteiger partial charge on any atom is 0.235 e. The lowest BCUT2D eigenvalue weighted by molar-refractivity contribution is 0.669. The summed E-state index contributed by atoms with van der Waals surface area (Å²) in [5.74, 6) is 1.22. The Bertz CT molecular complexity index is 7520. The van der Waals surface area contributed by atoms with Gasteiger partial charge in [0, 0.05) is 107 Å². The molecule has 0 fully saturated rings. The lowest BCUT2D eigenvalue weighted by atomic mass is 9.97. The van der Waals surface area contributed by atoms with Gasteiger partial charge in [-0.3, -0.25) is 9.13 Å². The van der Waals surface area contributed by atoms with Gasteiger partial charge in [-0.1, -0.05) is 188 Å². The van der Waals surface area contributed by atoms with Crippen LogP contribution < -0.4 is 0 Å². The van der Waals surface area contributed by atoms with Crippen LogP contribution in [-0.4, -0.2) is 38.2 Å². The van der Waals surface area contributed by atoms with Crippen LogP contribution in [0, 0.1) is 0 Å².